The summed E-state index contributed by atoms with van der Waals surface area (Å²) in [6, 6.07) is 13.4. The second kappa shape index (κ2) is 6.18. The molecule has 108 valence electrons. The van der Waals surface area contributed by atoms with E-state index in [0.717, 1.165) is 19.5 Å². The number of Topliss-reactive ketones (excluding diaryl/α,β-unsaturated/α-hetero) is 1. The molecule has 0 saturated heterocycles. The number of nitrogens with zero attached hydrogens (tertiary/aromatic N) is 1. The molecule has 2 aromatic carbocycles. The highest BCUT2D eigenvalue weighted by molar-refractivity contribution is 6.36. The van der Waals surface area contributed by atoms with Crippen molar-refractivity contribution in [2.24, 2.45) is 0 Å². The Bertz CT molecular complexity index is 684. The lowest BCUT2D eigenvalue weighted by atomic mass is 9.99. The maximum absolute atomic E-state index is 12.4. The van der Waals surface area contributed by atoms with E-state index in [0.29, 0.717) is 22.2 Å². The molecule has 0 N–H and O–H groups in total. The van der Waals surface area contributed by atoms with Crippen molar-refractivity contribution in [3.8, 4) is 0 Å². The molecule has 1 aliphatic rings. The molecule has 4 heteroatoms. The molecule has 0 aromatic heterocycles. The molecule has 2 nitrogen and oxygen atoms in total. The van der Waals surface area contributed by atoms with Crippen LogP contribution in [0.25, 0.3) is 0 Å². The molecule has 0 saturated carbocycles. The molecule has 0 radical (unpaired) electrons. The predicted molar refractivity (Wildman–Crippen MR) is 86.2 cm³/mol. The minimum atomic E-state index is 0.0156. The summed E-state index contributed by atoms with van der Waals surface area (Å²) in [4.78, 5) is 14.6. The third kappa shape index (κ3) is 3.29. The molecule has 1 heterocycles. The first kappa shape index (κ1) is 14.6. The minimum Gasteiger partial charge on any atom is -0.293 e. The van der Waals surface area contributed by atoms with Gasteiger partial charge in [0.1, 0.15) is 0 Å². The zero-order valence-corrected chi connectivity index (χ0v) is 13.0. The Morgan fingerprint density at radius 1 is 1.10 bits per heavy atom. The number of carbonyl (C=O) groups is 1. The quantitative estimate of drug-likeness (QED) is 0.789. The Hall–Kier alpha value is -1.35. The van der Waals surface area contributed by atoms with Crippen LogP contribution in [0.15, 0.2) is 42.5 Å². The molecule has 21 heavy (non-hydrogen) atoms. The number of carbonyl (C=O) groups excluding carboxylic acids is 1. The summed E-state index contributed by atoms with van der Waals surface area (Å²) in [5, 5.41) is 0.994. The Morgan fingerprint density at radius 2 is 1.86 bits per heavy atom. The molecule has 0 amide bonds. The number of hydrogen-bond acceptors (Lipinski definition) is 2. The van der Waals surface area contributed by atoms with Crippen molar-refractivity contribution in [1.82, 2.24) is 4.90 Å². The van der Waals surface area contributed by atoms with Crippen LogP contribution in [0.5, 0.6) is 0 Å². The number of halogens is 2. The molecule has 0 unspecified atom stereocenters. The summed E-state index contributed by atoms with van der Waals surface area (Å²) in [5.41, 5.74) is 3.18. The van der Waals surface area contributed by atoms with Gasteiger partial charge in [-0.3, -0.25) is 9.69 Å². The molecule has 0 bridgehead atoms. The van der Waals surface area contributed by atoms with Gasteiger partial charge < -0.3 is 0 Å². The van der Waals surface area contributed by atoms with E-state index in [1.807, 2.05) is 6.07 Å². The van der Waals surface area contributed by atoms with Crippen molar-refractivity contribution in [3.63, 3.8) is 0 Å². The zero-order valence-electron chi connectivity index (χ0n) is 11.5. The van der Waals surface area contributed by atoms with E-state index in [9.17, 15) is 4.79 Å². The summed E-state index contributed by atoms with van der Waals surface area (Å²) >= 11 is 12.0. The van der Waals surface area contributed by atoms with Crippen molar-refractivity contribution >= 4 is 29.0 Å². The average Bonchev–Trinajstić information content (AvgIpc) is 2.49. The number of fused-ring (bicyclic) bond motifs is 1. The monoisotopic (exact) mass is 319 g/mol. The molecular formula is C17H15Cl2NO. The van der Waals surface area contributed by atoms with Gasteiger partial charge in [0.15, 0.2) is 5.78 Å². The molecule has 0 aliphatic carbocycles. The van der Waals surface area contributed by atoms with Crippen LogP contribution in [0.2, 0.25) is 10.0 Å². The first-order chi connectivity index (χ1) is 10.1. The van der Waals surface area contributed by atoms with Gasteiger partial charge in [-0.2, -0.15) is 0 Å². The lowest BCUT2D eigenvalue weighted by molar-refractivity contribution is 0.0921. The van der Waals surface area contributed by atoms with Crippen LogP contribution < -0.4 is 0 Å². The van der Waals surface area contributed by atoms with E-state index in [1.54, 1.807) is 18.2 Å². The summed E-state index contributed by atoms with van der Waals surface area (Å²) in [6.45, 7) is 2.06. The topological polar surface area (TPSA) is 20.3 Å². The highest BCUT2D eigenvalue weighted by Gasteiger charge is 2.20. The maximum Gasteiger partial charge on any atom is 0.178 e. The lowest BCUT2D eigenvalue weighted by Gasteiger charge is -2.28. The van der Waals surface area contributed by atoms with Crippen LogP contribution in [0.1, 0.15) is 21.5 Å². The van der Waals surface area contributed by atoms with Crippen LogP contribution in [0.4, 0.5) is 0 Å². The van der Waals surface area contributed by atoms with Crippen molar-refractivity contribution in [2.45, 2.75) is 13.0 Å². The number of ketones is 1. The second-order valence-corrected chi connectivity index (χ2v) is 6.12. The Balaban J connectivity index is 1.73. The summed E-state index contributed by atoms with van der Waals surface area (Å²) in [5.74, 6) is 0.0156. The van der Waals surface area contributed by atoms with Gasteiger partial charge in [-0.05, 0) is 35.7 Å². The molecule has 2 aromatic rings. The van der Waals surface area contributed by atoms with Crippen molar-refractivity contribution in [1.29, 1.82) is 0 Å². The first-order valence-electron chi connectivity index (χ1n) is 6.91. The van der Waals surface area contributed by atoms with Gasteiger partial charge in [0, 0.05) is 23.7 Å². The third-order valence-electron chi connectivity index (χ3n) is 3.81. The van der Waals surface area contributed by atoms with Crippen molar-refractivity contribution in [2.75, 3.05) is 13.1 Å². The largest absolute Gasteiger partial charge is 0.293 e. The normalized spacial score (nSPS) is 14.8. The van der Waals surface area contributed by atoms with Crippen LogP contribution >= 0.6 is 23.2 Å². The Labute approximate surface area is 134 Å². The van der Waals surface area contributed by atoms with Gasteiger partial charge in [0.05, 0.1) is 11.6 Å². The van der Waals surface area contributed by atoms with Gasteiger partial charge >= 0.3 is 0 Å². The first-order valence-corrected chi connectivity index (χ1v) is 7.66. The smallest absolute Gasteiger partial charge is 0.178 e. The SMILES string of the molecule is O=C(CN1CCc2ccccc2C1)c1cc(Cl)ccc1Cl. The van der Waals surface area contributed by atoms with Crippen LogP contribution in [-0.2, 0) is 13.0 Å². The van der Waals surface area contributed by atoms with Gasteiger partial charge in [-0.25, -0.2) is 0 Å². The number of hydrogen-bond donors (Lipinski definition) is 0. The van der Waals surface area contributed by atoms with Gasteiger partial charge in [-0.1, -0.05) is 47.5 Å². The molecule has 0 atom stereocenters. The fraction of sp³-hybridized carbons (Fsp3) is 0.235. The van der Waals surface area contributed by atoms with E-state index in [-0.39, 0.29) is 5.78 Å². The van der Waals surface area contributed by atoms with E-state index in [4.69, 9.17) is 23.2 Å². The fourth-order valence-electron chi connectivity index (χ4n) is 2.69. The molecule has 1 aliphatic heterocycles. The molecule has 0 spiro atoms. The lowest BCUT2D eigenvalue weighted by Crippen LogP contribution is -2.34. The Morgan fingerprint density at radius 3 is 2.67 bits per heavy atom. The van der Waals surface area contributed by atoms with E-state index in [1.165, 1.54) is 11.1 Å². The highest BCUT2D eigenvalue weighted by Crippen LogP contribution is 2.23. The fourth-order valence-corrected chi connectivity index (χ4v) is 3.08. The molecule has 3 rings (SSSR count). The van der Waals surface area contributed by atoms with Gasteiger partial charge in [-0.15, -0.1) is 0 Å². The molecular weight excluding hydrogens is 305 g/mol. The number of rotatable bonds is 3. The minimum absolute atomic E-state index is 0.0156. The third-order valence-corrected chi connectivity index (χ3v) is 4.37. The number of benzene rings is 2. The summed E-state index contributed by atoms with van der Waals surface area (Å²) in [7, 11) is 0. The standard InChI is InChI=1S/C17H15Cl2NO/c18-14-5-6-16(19)15(9-14)17(21)11-20-8-7-12-3-1-2-4-13(12)10-20/h1-6,9H,7-8,10-11H2. The second-order valence-electron chi connectivity index (χ2n) is 5.28. The predicted octanol–water partition coefficient (Wildman–Crippen LogP) is 4.23. The van der Waals surface area contributed by atoms with E-state index >= 15 is 0 Å². The Kier molecular flexibility index (Phi) is 4.29. The average molecular weight is 320 g/mol. The van der Waals surface area contributed by atoms with Crippen molar-refractivity contribution in [3.05, 3.63) is 69.2 Å². The molecule has 0 fully saturated rings. The van der Waals surface area contributed by atoms with Crippen LogP contribution in [0, 0.1) is 0 Å². The van der Waals surface area contributed by atoms with Gasteiger partial charge in [0.25, 0.3) is 0 Å². The summed E-state index contributed by atoms with van der Waals surface area (Å²) in [6.07, 6.45) is 0.979. The van der Waals surface area contributed by atoms with Gasteiger partial charge in [0.2, 0.25) is 0 Å². The zero-order chi connectivity index (χ0) is 14.8. The summed E-state index contributed by atoms with van der Waals surface area (Å²) < 4.78 is 0. The maximum atomic E-state index is 12.4. The van der Waals surface area contributed by atoms with Crippen LogP contribution in [-0.4, -0.2) is 23.8 Å². The van der Waals surface area contributed by atoms with E-state index in [2.05, 4.69) is 23.1 Å². The van der Waals surface area contributed by atoms with E-state index < -0.39 is 0 Å². The van der Waals surface area contributed by atoms with Crippen molar-refractivity contribution < 1.29 is 4.79 Å². The highest BCUT2D eigenvalue weighted by atomic mass is 35.5. The van der Waals surface area contributed by atoms with Crippen LogP contribution in [0.3, 0.4) is 0 Å².